The third kappa shape index (κ3) is 17.3. The number of nitrogens with zero attached hydrogens (tertiary/aromatic N) is 1. The first kappa shape index (κ1) is 38.2. The summed E-state index contributed by atoms with van der Waals surface area (Å²) in [6, 6.07) is 10.1. The molecule has 2 aromatic rings. The number of nitrogens with one attached hydrogen (secondary N) is 1. The van der Waals surface area contributed by atoms with E-state index in [4.69, 9.17) is 9.47 Å². The van der Waals surface area contributed by atoms with Crippen molar-refractivity contribution < 1.29 is 42.8 Å². The van der Waals surface area contributed by atoms with Crippen molar-refractivity contribution in [1.29, 1.82) is 0 Å². The molecule has 0 bridgehead atoms. The van der Waals surface area contributed by atoms with Gasteiger partial charge in [-0.15, -0.1) is 0 Å². The van der Waals surface area contributed by atoms with E-state index in [0.717, 1.165) is 30.8 Å². The molecule has 1 N–H and O–H groups in total. The first-order valence-electron chi connectivity index (χ1n) is 16.4. The van der Waals surface area contributed by atoms with Gasteiger partial charge in [-0.25, -0.2) is 4.57 Å². The van der Waals surface area contributed by atoms with Crippen molar-refractivity contribution in [2.45, 2.75) is 129 Å². The number of unbranched alkanes of at least 4 members (excludes halogenated alkanes) is 13. The van der Waals surface area contributed by atoms with Gasteiger partial charge in [0, 0.05) is 24.2 Å². The molecule has 238 valence electrons. The van der Waals surface area contributed by atoms with Gasteiger partial charge >= 0.3 is 0 Å². The molecule has 1 amide bonds. The highest BCUT2D eigenvalue weighted by Gasteiger charge is 2.20. The van der Waals surface area contributed by atoms with Crippen LogP contribution in [0.2, 0.25) is 0 Å². The standard InChI is InChI=1S/C36H58N2O3.HI/c1-6-7-8-9-10-11-12-13-14-15-16-17-18-19-28-40-34-21-20-32(29-33(34)36(2,3)4)41-30-35(39)37-25-22-31-23-26-38(5)27-24-31;/h20-21,23-24,26-27,29H,6-19,22,25,28,30H2,1-5H3;1H. The second-order valence-corrected chi connectivity index (χ2v) is 12.6. The zero-order chi connectivity index (χ0) is 29.8. The Kier molecular flexibility index (Phi) is 20.6. The molecule has 0 atom stereocenters. The van der Waals surface area contributed by atoms with Crippen molar-refractivity contribution in [3.05, 3.63) is 53.9 Å². The first-order valence-corrected chi connectivity index (χ1v) is 16.4. The summed E-state index contributed by atoms with van der Waals surface area (Å²) < 4.78 is 14.1. The Morgan fingerprint density at radius 1 is 0.786 bits per heavy atom. The molecule has 0 saturated heterocycles. The second kappa shape index (κ2) is 22.7. The number of carbonyl (C=O) groups is 1. The Morgan fingerprint density at radius 3 is 1.88 bits per heavy atom. The van der Waals surface area contributed by atoms with E-state index in [2.05, 4.69) is 45.1 Å². The third-order valence-electron chi connectivity index (χ3n) is 7.67. The van der Waals surface area contributed by atoms with E-state index < -0.39 is 0 Å². The summed E-state index contributed by atoms with van der Waals surface area (Å²) in [6.07, 6.45) is 23.8. The summed E-state index contributed by atoms with van der Waals surface area (Å²) >= 11 is 0. The molecule has 2 rings (SSSR count). The van der Waals surface area contributed by atoms with Gasteiger partial charge in [-0.2, -0.15) is 0 Å². The van der Waals surface area contributed by atoms with Crippen LogP contribution in [0.3, 0.4) is 0 Å². The molecule has 0 aliphatic carbocycles. The fourth-order valence-corrected chi connectivity index (χ4v) is 5.03. The SMILES string of the molecule is CCCCCCCCCCCCCCCCOc1ccc(OCC(=O)NCCc2cc[n+](C)cc2)cc1C(C)(C)C.[I-]. The molecule has 0 spiro atoms. The quantitative estimate of drug-likeness (QED) is 0.102. The summed E-state index contributed by atoms with van der Waals surface area (Å²) in [5, 5.41) is 2.95. The number of benzene rings is 1. The highest BCUT2D eigenvalue weighted by molar-refractivity contribution is 5.77. The average Bonchev–Trinajstić information content (AvgIpc) is 2.95. The third-order valence-corrected chi connectivity index (χ3v) is 7.67. The van der Waals surface area contributed by atoms with Gasteiger partial charge in [-0.1, -0.05) is 111 Å². The van der Waals surface area contributed by atoms with Crippen LogP contribution in [-0.2, 0) is 23.7 Å². The monoisotopic (exact) mass is 694 g/mol. The maximum Gasteiger partial charge on any atom is 0.257 e. The molecule has 42 heavy (non-hydrogen) atoms. The lowest BCUT2D eigenvalue weighted by Gasteiger charge is -2.24. The highest BCUT2D eigenvalue weighted by Crippen LogP contribution is 2.34. The number of hydrogen-bond donors (Lipinski definition) is 1. The van der Waals surface area contributed by atoms with Crippen molar-refractivity contribution in [1.82, 2.24) is 5.32 Å². The normalized spacial score (nSPS) is 11.2. The minimum absolute atomic E-state index is 0. The van der Waals surface area contributed by atoms with E-state index in [0.29, 0.717) is 12.3 Å². The van der Waals surface area contributed by atoms with E-state index in [9.17, 15) is 4.79 Å². The number of ether oxygens (including phenoxy) is 2. The Labute approximate surface area is 274 Å². The average molecular weight is 695 g/mol. The van der Waals surface area contributed by atoms with E-state index in [-0.39, 0.29) is 41.9 Å². The summed E-state index contributed by atoms with van der Waals surface area (Å²) in [5.41, 5.74) is 2.22. The number of halogens is 1. The van der Waals surface area contributed by atoms with Crippen LogP contribution in [0.4, 0.5) is 0 Å². The van der Waals surface area contributed by atoms with Crippen molar-refractivity contribution in [3.8, 4) is 11.5 Å². The summed E-state index contributed by atoms with van der Waals surface area (Å²) in [7, 11) is 1.99. The van der Waals surface area contributed by atoms with Gasteiger partial charge in [0.2, 0.25) is 0 Å². The second-order valence-electron chi connectivity index (χ2n) is 12.6. The lowest BCUT2D eigenvalue weighted by atomic mass is 9.86. The fraction of sp³-hybridized carbons (Fsp3) is 0.667. The molecule has 0 aliphatic rings. The van der Waals surface area contributed by atoms with Gasteiger partial charge in [-0.05, 0) is 42.0 Å². The van der Waals surface area contributed by atoms with Gasteiger partial charge in [0.05, 0.1) is 6.61 Å². The predicted molar refractivity (Wildman–Crippen MR) is 171 cm³/mol. The van der Waals surface area contributed by atoms with Gasteiger partial charge in [0.25, 0.3) is 5.91 Å². The minimum Gasteiger partial charge on any atom is -1.00 e. The van der Waals surface area contributed by atoms with Crippen LogP contribution < -0.4 is 43.3 Å². The Bertz CT molecular complexity index is 973. The number of aryl methyl sites for hydroxylation is 1. The van der Waals surface area contributed by atoms with Gasteiger partial charge in [-0.3, -0.25) is 4.79 Å². The Morgan fingerprint density at radius 2 is 1.33 bits per heavy atom. The zero-order valence-corrected chi connectivity index (χ0v) is 29.5. The molecule has 0 saturated carbocycles. The fourth-order valence-electron chi connectivity index (χ4n) is 5.03. The maximum absolute atomic E-state index is 12.3. The van der Waals surface area contributed by atoms with E-state index >= 15 is 0 Å². The molecule has 6 heteroatoms. The number of rotatable bonds is 22. The first-order chi connectivity index (χ1) is 19.8. The molecule has 0 unspecified atom stereocenters. The van der Waals surface area contributed by atoms with Crippen molar-refractivity contribution in [3.63, 3.8) is 0 Å². The maximum atomic E-state index is 12.3. The topological polar surface area (TPSA) is 51.4 Å². The van der Waals surface area contributed by atoms with Crippen molar-refractivity contribution in [2.24, 2.45) is 7.05 Å². The van der Waals surface area contributed by atoms with Crippen LogP contribution in [0.5, 0.6) is 11.5 Å². The molecule has 0 radical (unpaired) electrons. The summed E-state index contributed by atoms with van der Waals surface area (Å²) in [6.45, 7) is 10.2. The largest absolute Gasteiger partial charge is 1.00 e. The molecule has 1 aromatic carbocycles. The van der Waals surface area contributed by atoms with Crippen LogP contribution in [0.25, 0.3) is 0 Å². The summed E-state index contributed by atoms with van der Waals surface area (Å²) in [5.74, 6) is 1.51. The Balaban J connectivity index is 0.00000882. The van der Waals surface area contributed by atoms with E-state index in [1.54, 1.807) is 0 Å². The highest BCUT2D eigenvalue weighted by atomic mass is 127. The van der Waals surface area contributed by atoms with Crippen LogP contribution >= 0.6 is 0 Å². The molecule has 5 nitrogen and oxygen atoms in total. The zero-order valence-electron chi connectivity index (χ0n) is 27.3. The minimum atomic E-state index is -0.109. The molecule has 1 heterocycles. The lowest BCUT2D eigenvalue weighted by molar-refractivity contribution is -0.671. The van der Waals surface area contributed by atoms with Crippen LogP contribution in [0.1, 0.15) is 129 Å². The lowest BCUT2D eigenvalue weighted by Crippen LogP contribution is -3.00. The number of hydrogen-bond acceptors (Lipinski definition) is 3. The predicted octanol–water partition coefficient (Wildman–Crippen LogP) is 5.41. The number of carbonyl (C=O) groups excluding carboxylic acids is 1. The molecule has 0 fully saturated rings. The van der Waals surface area contributed by atoms with Crippen LogP contribution in [-0.4, -0.2) is 25.7 Å². The van der Waals surface area contributed by atoms with E-state index in [1.165, 1.54) is 89.0 Å². The van der Waals surface area contributed by atoms with Crippen molar-refractivity contribution in [2.75, 3.05) is 19.8 Å². The number of aromatic nitrogens is 1. The van der Waals surface area contributed by atoms with Crippen LogP contribution in [0, 0.1) is 0 Å². The molecule has 0 aliphatic heterocycles. The molecular formula is C36H59IN2O3. The Hall–Kier alpha value is -1.83. The molecule has 1 aromatic heterocycles. The van der Waals surface area contributed by atoms with E-state index in [1.807, 2.05) is 42.2 Å². The van der Waals surface area contributed by atoms with Gasteiger partial charge in [0.15, 0.2) is 19.0 Å². The van der Waals surface area contributed by atoms with Gasteiger partial charge < -0.3 is 38.8 Å². The number of pyridine rings is 1. The van der Waals surface area contributed by atoms with Crippen molar-refractivity contribution >= 4 is 5.91 Å². The summed E-state index contributed by atoms with van der Waals surface area (Å²) in [4.78, 5) is 12.3. The smallest absolute Gasteiger partial charge is 0.257 e. The molecular weight excluding hydrogens is 635 g/mol. The number of amides is 1. The van der Waals surface area contributed by atoms with Gasteiger partial charge in [0.1, 0.15) is 18.5 Å². The van der Waals surface area contributed by atoms with Crippen LogP contribution in [0.15, 0.2) is 42.7 Å².